The monoisotopic (exact) mass is 243 g/mol. The van der Waals surface area contributed by atoms with E-state index in [0.717, 1.165) is 0 Å². The summed E-state index contributed by atoms with van der Waals surface area (Å²) in [4.78, 5) is 11.9. The molecule has 0 aliphatic rings. The lowest BCUT2D eigenvalue weighted by molar-refractivity contribution is 0.0740. The van der Waals surface area contributed by atoms with Gasteiger partial charge < -0.3 is 5.11 Å². The van der Waals surface area contributed by atoms with Crippen molar-refractivity contribution >= 4 is 5.78 Å². The number of carbonyl (C=O) groups is 1. The van der Waals surface area contributed by atoms with E-state index in [1.54, 1.807) is 36.4 Å². The predicted molar refractivity (Wildman–Crippen MR) is 66.6 cm³/mol. The number of Topliss-reactive ketones (excluding diaryl/α,β-unsaturated/α-hetero) is 1. The first-order valence-corrected chi connectivity index (χ1v) is 5.48. The van der Waals surface area contributed by atoms with Crippen LogP contribution >= 0.6 is 0 Å². The van der Waals surface area contributed by atoms with Crippen LogP contribution in [-0.4, -0.2) is 10.9 Å². The van der Waals surface area contributed by atoms with Crippen molar-refractivity contribution in [2.24, 2.45) is 0 Å². The molecule has 0 fully saturated rings. The molecular formula is C15H12FO2. The van der Waals surface area contributed by atoms with Gasteiger partial charge in [0.2, 0.25) is 0 Å². The third-order valence-corrected chi connectivity index (χ3v) is 2.67. The summed E-state index contributed by atoms with van der Waals surface area (Å²) in [5.74, 6) is -1.15. The number of hydrogen-bond acceptors (Lipinski definition) is 2. The molecule has 1 unspecified atom stereocenters. The van der Waals surface area contributed by atoms with E-state index in [2.05, 4.69) is 6.92 Å². The summed E-state index contributed by atoms with van der Waals surface area (Å²) in [5.41, 5.74) is 0.815. The number of hydrogen-bond donors (Lipinski definition) is 1. The minimum absolute atomic E-state index is 0.0312. The van der Waals surface area contributed by atoms with Crippen molar-refractivity contribution in [3.63, 3.8) is 0 Å². The number of aliphatic hydroxyl groups excluding tert-OH is 1. The Balaban J connectivity index is 2.31. The summed E-state index contributed by atoms with van der Waals surface area (Å²) >= 11 is 0. The predicted octanol–water partition coefficient (Wildman–Crippen LogP) is 2.92. The molecule has 1 radical (unpaired) electrons. The molecule has 2 aromatic carbocycles. The fourth-order valence-electron chi connectivity index (χ4n) is 1.69. The van der Waals surface area contributed by atoms with Gasteiger partial charge in [0.05, 0.1) is 0 Å². The van der Waals surface area contributed by atoms with Crippen molar-refractivity contribution in [1.82, 2.24) is 0 Å². The Bertz CT molecular complexity index is 564. The molecule has 0 heterocycles. The summed E-state index contributed by atoms with van der Waals surface area (Å²) < 4.78 is 13.6. The molecule has 0 bridgehead atoms. The Hall–Kier alpha value is -2.00. The maximum atomic E-state index is 13.6. The third kappa shape index (κ3) is 2.46. The number of aliphatic hydroxyl groups is 1. The highest BCUT2D eigenvalue weighted by Gasteiger charge is 2.21. The quantitative estimate of drug-likeness (QED) is 0.841. The van der Waals surface area contributed by atoms with Crippen molar-refractivity contribution in [1.29, 1.82) is 0 Å². The van der Waals surface area contributed by atoms with E-state index >= 15 is 0 Å². The molecule has 18 heavy (non-hydrogen) atoms. The number of halogens is 1. The van der Waals surface area contributed by atoms with Crippen LogP contribution in [0.3, 0.4) is 0 Å². The molecule has 0 saturated heterocycles. The van der Waals surface area contributed by atoms with Crippen molar-refractivity contribution in [3.05, 3.63) is 78.0 Å². The zero-order chi connectivity index (χ0) is 13.1. The first-order chi connectivity index (χ1) is 8.59. The summed E-state index contributed by atoms with van der Waals surface area (Å²) in [7, 11) is 0. The van der Waals surface area contributed by atoms with Crippen LogP contribution < -0.4 is 0 Å². The summed E-state index contributed by atoms with van der Waals surface area (Å²) in [5, 5.41) is 9.90. The van der Waals surface area contributed by atoms with E-state index in [1.165, 1.54) is 12.1 Å². The second-order valence-electron chi connectivity index (χ2n) is 3.99. The van der Waals surface area contributed by atoms with Gasteiger partial charge in [0, 0.05) is 11.1 Å². The molecule has 0 amide bonds. The van der Waals surface area contributed by atoms with Crippen LogP contribution in [0, 0.1) is 12.7 Å². The highest BCUT2D eigenvalue weighted by molar-refractivity contribution is 5.99. The second-order valence-corrected chi connectivity index (χ2v) is 3.99. The van der Waals surface area contributed by atoms with Crippen LogP contribution in [0.5, 0.6) is 0 Å². The van der Waals surface area contributed by atoms with Crippen molar-refractivity contribution in [2.75, 3.05) is 0 Å². The Morgan fingerprint density at radius 1 is 1.17 bits per heavy atom. The average Bonchev–Trinajstić information content (AvgIpc) is 2.38. The van der Waals surface area contributed by atoms with Gasteiger partial charge in [-0.3, -0.25) is 4.79 Å². The van der Waals surface area contributed by atoms with Crippen molar-refractivity contribution < 1.29 is 14.3 Å². The highest BCUT2D eigenvalue weighted by atomic mass is 19.1. The zero-order valence-corrected chi connectivity index (χ0v) is 9.64. The van der Waals surface area contributed by atoms with E-state index in [1.807, 2.05) is 0 Å². The topological polar surface area (TPSA) is 37.3 Å². The number of benzene rings is 2. The molecule has 2 nitrogen and oxygen atoms in total. The van der Waals surface area contributed by atoms with Gasteiger partial charge in [0.15, 0.2) is 5.78 Å². The van der Waals surface area contributed by atoms with Gasteiger partial charge in [0.1, 0.15) is 11.9 Å². The lowest BCUT2D eigenvalue weighted by Crippen LogP contribution is -2.13. The molecule has 0 aromatic heterocycles. The number of carbonyl (C=O) groups excluding carboxylic acids is 1. The van der Waals surface area contributed by atoms with Crippen LogP contribution in [0.4, 0.5) is 4.39 Å². The Morgan fingerprint density at radius 2 is 1.83 bits per heavy atom. The van der Waals surface area contributed by atoms with E-state index < -0.39 is 17.7 Å². The first-order valence-electron chi connectivity index (χ1n) is 5.48. The maximum Gasteiger partial charge on any atom is 0.195 e. The van der Waals surface area contributed by atoms with E-state index in [-0.39, 0.29) is 5.56 Å². The number of ketones is 1. The molecule has 0 saturated carbocycles. The van der Waals surface area contributed by atoms with Crippen LogP contribution in [0.25, 0.3) is 0 Å². The Morgan fingerprint density at radius 3 is 2.44 bits per heavy atom. The number of rotatable bonds is 3. The average molecular weight is 243 g/mol. The SMILES string of the molecule is [CH2]c1ccc(C(O)C(=O)c2ccccc2)c(F)c1. The van der Waals surface area contributed by atoms with E-state index in [0.29, 0.717) is 11.1 Å². The van der Waals surface area contributed by atoms with Gasteiger partial charge in [-0.05, 0) is 18.6 Å². The first kappa shape index (κ1) is 12.5. The molecule has 0 aliphatic heterocycles. The van der Waals surface area contributed by atoms with Crippen molar-refractivity contribution in [3.8, 4) is 0 Å². The van der Waals surface area contributed by atoms with Gasteiger partial charge in [-0.25, -0.2) is 4.39 Å². The third-order valence-electron chi connectivity index (χ3n) is 2.67. The summed E-state index contributed by atoms with van der Waals surface area (Å²) in [6.45, 7) is 3.58. The van der Waals surface area contributed by atoms with Gasteiger partial charge in [0.25, 0.3) is 0 Å². The molecule has 3 heteroatoms. The minimum atomic E-state index is -1.49. The highest BCUT2D eigenvalue weighted by Crippen LogP contribution is 2.22. The zero-order valence-electron chi connectivity index (χ0n) is 9.64. The second kappa shape index (κ2) is 5.10. The smallest absolute Gasteiger partial charge is 0.195 e. The molecular weight excluding hydrogens is 231 g/mol. The van der Waals surface area contributed by atoms with E-state index in [9.17, 15) is 14.3 Å². The van der Waals surface area contributed by atoms with Crippen LogP contribution in [0.15, 0.2) is 48.5 Å². The maximum absolute atomic E-state index is 13.6. The van der Waals surface area contributed by atoms with Gasteiger partial charge >= 0.3 is 0 Å². The molecule has 0 spiro atoms. The van der Waals surface area contributed by atoms with Gasteiger partial charge in [-0.15, -0.1) is 0 Å². The lowest BCUT2D eigenvalue weighted by atomic mass is 9.99. The Kier molecular flexibility index (Phi) is 3.53. The van der Waals surface area contributed by atoms with Crippen molar-refractivity contribution in [2.45, 2.75) is 6.10 Å². The van der Waals surface area contributed by atoms with E-state index in [4.69, 9.17) is 0 Å². The standard InChI is InChI=1S/C15H12FO2/c1-10-7-8-12(13(16)9-10)15(18)14(17)11-5-3-2-4-6-11/h2-9,15,18H,1H2. The molecule has 2 rings (SSSR count). The van der Waals surface area contributed by atoms with Crippen LogP contribution in [-0.2, 0) is 0 Å². The summed E-state index contributed by atoms with van der Waals surface area (Å²) in [6, 6.07) is 12.4. The fraction of sp³-hybridized carbons (Fsp3) is 0.0667. The molecule has 1 N–H and O–H groups in total. The molecule has 0 aliphatic carbocycles. The van der Waals surface area contributed by atoms with Gasteiger partial charge in [-0.2, -0.15) is 0 Å². The van der Waals surface area contributed by atoms with Crippen LogP contribution in [0.2, 0.25) is 0 Å². The normalized spacial score (nSPS) is 12.2. The molecule has 1 atom stereocenters. The van der Waals surface area contributed by atoms with Crippen LogP contribution in [0.1, 0.15) is 27.6 Å². The fourth-order valence-corrected chi connectivity index (χ4v) is 1.69. The summed E-state index contributed by atoms with van der Waals surface area (Å²) in [6.07, 6.45) is -1.49. The molecule has 91 valence electrons. The minimum Gasteiger partial charge on any atom is -0.380 e. The Labute approximate surface area is 105 Å². The lowest BCUT2D eigenvalue weighted by Gasteiger charge is -2.11. The largest absolute Gasteiger partial charge is 0.380 e. The molecule has 2 aromatic rings. The van der Waals surface area contributed by atoms with Gasteiger partial charge in [-0.1, -0.05) is 42.5 Å².